The third-order valence-corrected chi connectivity index (χ3v) is 7.95. The van der Waals surface area contributed by atoms with E-state index in [9.17, 15) is 14.7 Å². The Labute approximate surface area is 167 Å². The molecule has 2 unspecified atom stereocenters. The first-order valence-corrected chi connectivity index (χ1v) is 11.0. The van der Waals surface area contributed by atoms with Crippen LogP contribution in [0.25, 0.3) is 0 Å². The van der Waals surface area contributed by atoms with Gasteiger partial charge in [-0.25, -0.2) is 0 Å². The molecule has 5 fully saturated rings. The fourth-order valence-corrected chi connectivity index (χ4v) is 7.27. The molecule has 1 aromatic rings. The first-order chi connectivity index (χ1) is 13.4. The van der Waals surface area contributed by atoms with Crippen LogP contribution in [-0.4, -0.2) is 40.4 Å². The molecule has 1 aliphatic heterocycles. The zero-order chi connectivity index (χ0) is 19.4. The van der Waals surface area contributed by atoms with Crippen LogP contribution in [0, 0.1) is 23.2 Å². The SMILES string of the molecule is O=C(c1ccccc1)C1CCN(C(=O)CC23CC4CC(CC(O)(C4)C2)C3)CC1. The summed E-state index contributed by atoms with van der Waals surface area (Å²) in [5.74, 6) is 1.74. The van der Waals surface area contributed by atoms with Gasteiger partial charge in [-0.2, -0.15) is 0 Å². The molecule has 1 N–H and O–H groups in total. The van der Waals surface area contributed by atoms with Gasteiger partial charge in [-0.3, -0.25) is 9.59 Å². The van der Waals surface area contributed by atoms with Crippen molar-refractivity contribution >= 4 is 11.7 Å². The zero-order valence-corrected chi connectivity index (χ0v) is 16.6. The molecule has 0 radical (unpaired) electrons. The predicted octanol–water partition coefficient (Wildman–Crippen LogP) is 3.83. The fraction of sp³-hybridized carbons (Fsp3) is 0.667. The first-order valence-electron chi connectivity index (χ1n) is 11.0. The molecule has 28 heavy (non-hydrogen) atoms. The van der Waals surface area contributed by atoms with Crippen LogP contribution in [0.5, 0.6) is 0 Å². The number of piperidine rings is 1. The number of carbonyl (C=O) groups is 2. The van der Waals surface area contributed by atoms with E-state index < -0.39 is 5.60 Å². The molecular weight excluding hydrogens is 350 g/mol. The lowest BCUT2D eigenvalue weighted by Crippen LogP contribution is -2.56. The molecule has 5 aliphatic rings. The van der Waals surface area contributed by atoms with E-state index in [1.165, 1.54) is 6.42 Å². The lowest BCUT2D eigenvalue weighted by molar-refractivity contribution is -0.172. The van der Waals surface area contributed by atoms with Crippen LogP contribution in [-0.2, 0) is 4.79 Å². The van der Waals surface area contributed by atoms with Crippen LogP contribution in [0.4, 0.5) is 0 Å². The highest BCUT2D eigenvalue weighted by atomic mass is 16.3. The topological polar surface area (TPSA) is 57.6 Å². The third-order valence-electron chi connectivity index (χ3n) is 7.95. The summed E-state index contributed by atoms with van der Waals surface area (Å²) in [6.45, 7) is 1.38. The Kier molecular flexibility index (Phi) is 4.38. The van der Waals surface area contributed by atoms with E-state index in [0.717, 1.165) is 50.5 Å². The summed E-state index contributed by atoms with van der Waals surface area (Å²) in [5.41, 5.74) is 0.320. The number of carbonyl (C=O) groups excluding carboxylic acids is 2. The zero-order valence-electron chi connectivity index (χ0n) is 16.6. The van der Waals surface area contributed by atoms with Crippen molar-refractivity contribution in [3.8, 4) is 0 Å². The van der Waals surface area contributed by atoms with E-state index in [-0.39, 0.29) is 23.0 Å². The second-order valence-electron chi connectivity index (χ2n) is 10.2. The highest BCUT2D eigenvalue weighted by Crippen LogP contribution is 2.62. The molecule has 0 spiro atoms. The van der Waals surface area contributed by atoms with Crippen LogP contribution in [0.2, 0.25) is 0 Å². The van der Waals surface area contributed by atoms with Gasteiger partial charge < -0.3 is 10.0 Å². The maximum Gasteiger partial charge on any atom is 0.223 e. The van der Waals surface area contributed by atoms with Gasteiger partial charge in [0.2, 0.25) is 5.91 Å². The molecule has 1 saturated heterocycles. The highest BCUT2D eigenvalue weighted by Gasteiger charge is 2.57. The quantitative estimate of drug-likeness (QED) is 0.807. The van der Waals surface area contributed by atoms with Crippen molar-refractivity contribution in [1.29, 1.82) is 0 Å². The number of Topliss-reactive ketones (excluding diaryl/α,β-unsaturated/α-hetero) is 1. The summed E-state index contributed by atoms with van der Waals surface area (Å²) in [5, 5.41) is 10.9. The van der Waals surface area contributed by atoms with Gasteiger partial charge in [0.25, 0.3) is 0 Å². The Morgan fingerprint density at radius 1 is 1.00 bits per heavy atom. The lowest BCUT2D eigenvalue weighted by Gasteiger charge is -2.60. The van der Waals surface area contributed by atoms with Crippen LogP contribution in [0.15, 0.2) is 30.3 Å². The molecule has 4 bridgehead atoms. The average molecular weight is 382 g/mol. The smallest absolute Gasteiger partial charge is 0.223 e. The van der Waals surface area contributed by atoms with Gasteiger partial charge in [0.15, 0.2) is 5.78 Å². The second kappa shape index (κ2) is 6.69. The molecule has 0 aromatic heterocycles. The number of hydrogen-bond acceptors (Lipinski definition) is 3. The summed E-state index contributed by atoms with van der Waals surface area (Å²) in [4.78, 5) is 27.8. The number of nitrogens with zero attached hydrogens (tertiary/aromatic N) is 1. The monoisotopic (exact) mass is 381 g/mol. The van der Waals surface area contributed by atoms with E-state index in [2.05, 4.69) is 0 Å². The van der Waals surface area contributed by atoms with Crippen LogP contribution < -0.4 is 0 Å². The molecule has 4 heteroatoms. The summed E-state index contributed by atoms with van der Waals surface area (Å²) in [6, 6.07) is 9.52. The molecule has 150 valence electrons. The largest absolute Gasteiger partial charge is 0.390 e. The summed E-state index contributed by atoms with van der Waals surface area (Å²) in [7, 11) is 0. The minimum absolute atomic E-state index is 0.0340. The number of likely N-dealkylation sites (tertiary alicyclic amines) is 1. The van der Waals surface area contributed by atoms with Gasteiger partial charge in [-0.15, -0.1) is 0 Å². The van der Waals surface area contributed by atoms with Crippen molar-refractivity contribution < 1.29 is 14.7 Å². The molecule has 2 atom stereocenters. The number of ketones is 1. The van der Waals surface area contributed by atoms with Crippen LogP contribution >= 0.6 is 0 Å². The van der Waals surface area contributed by atoms with Crippen molar-refractivity contribution in [2.24, 2.45) is 23.2 Å². The Balaban J connectivity index is 1.19. The van der Waals surface area contributed by atoms with Gasteiger partial charge in [-0.1, -0.05) is 30.3 Å². The molecule has 1 heterocycles. The maximum absolute atomic E-state index is 13.1. The normalized spacial score (nSPS) is 37.2. The third kappa shape index (κ3) is 3.30. The van der Waals surface area contributed by atoms with Gasteiger partial charge in [-0.05, 0) is 68.6 Å². The Bertz CT molecular complexity index is 751. The number of aliphatic hydroxyl groups is 1. The average Bonchev–Trinajstić information content (AvgIpc) is 2.66. The summed E-state index contributed by atoms with van der Waals surface area (Å²) < 4.78 is 0. The number of benzene rings is 1. The van der Waals surface area contributed by atoms with E-state index in [1.54, 1.807) is 0 Å². The van der Waals surface area contributed by atoms with E-state index in [0.29, 0.717) is 31.3 Å². The van der Waals surface area contributed by atoms with Gasteiger partial charge >= 0.3 is 0 Å². The number of amides is 1. The van der Waals surface area contributed by atoms with Crippen molar-refractivity contribution in [2.45, 2.75) is 63.4 Å². The van der Waals surface area contributed by atoms with Crippen LogP contribution in [0.1, 0.15) is 68.1 Å². The Morgan fingerprint density at radius 3 is 2.25 bits per heavy atom. The van der Waals surface area contributed by atoms with Gasteiger partial charge in [0.1, 0.15) is 0 Å². The van der Waals surface area contributed by atoms with Crippen LogP contribution in [0.3, 0.4) is 0 Å². The maximum atomic E-state index is 13.1. The number of hydrogen-bond donors (Lipinski definition) is 1. The van der Waals surface area contributed by atoms with E-state index in [1.807, 2.05) is 35.2 Å². The second-order valence-corrected chi connectivity index (χ2v) is 10.2. The first kappa shape index (κ1) is 18.4. The molecule has 1 amide bonds. The standard InChI is InChI=1S/C24H31NO3/c26-21(15-23-11-17-10-18(12-23)14-24(28,13-17)16-23)25-8-6-20(7-9-25)22(27)19-4-2-1-3-5-19/h1-5,17-18,20,28H,6-16H2. The number of rotatable bonds is 4. The predicted molar refractivity (Wildman–Crippen MR) is 107 cm³/mol. The summed E-state index contributed by atoms with van der Waals surface area (Å²) in [6.07, 6.45) is 8.36. The van der Waals surface area contributed by atoms with Crippen molar-refractivity contribution in [1.82, 2.24) is 4.90 Å². The Morgan fingerprint density at radius 2 is 1.64 bits per heavy atom. The highest BCUT2D eigenvalue weighted by molar-refractivity contribution is 5.98. The molecule has 1 aromatic carbocycles. The minimum Gasteiger partial charge on any atom is -0.390 e. The molecular formula is C24H31NO3. The summed E-state index contributed by atoms with van der Waals surface area (Å²) >= 11 is 0. The molecule has 4 nitrogen and oxygen atoms in total. The molecule has 4 aliphatic carbocycles. The molecule has 6 rings (SSSR count). The van der Waals surface area contributed by atoms with Crippen molar-refractivity contribution in [2.75, 3.05) is 13.1 Å². The Hall–Kier alpha value is -1.68. The molecule has 4 saturated carbocycles. The lowest BCUT2D eigenvalue weighted by atomic mass is 9.47. The van der Waals surface area contributed by atoms with Crippen molar-refractivity contribution in [3.63, 3.8) is 0 Å². The van der Waals surface area contributed by atoms with Gasteiger partial charge in [0, 0.05) is 31.0 Å². The van der Waals surface area contributed by atoms with Gasteiger partial charge in [0.05, 0.1) is 5.60 Å². The van der Waals surface area contributed by atoms with Crippen molar-refractivity contribution in [3.05, 3.63) is 35.9 Å². The van der Waals surface area contributed by atoms with E-state index in [4.69, 9.17) is 0 Å². The fourth-order valence-electron chi connectivity index (χ4n) is 7.27. The van der Waals surface area contributed by atoms with E-state index >= 15 is 0 Å². The minimum atomic E-state index is -0.501.